The molecule has 0 spiro atoms. The third-order valence-corrected chi connectivity index (χ3v) is 3.98. The largest absolute Gasteiger partial charge is 0.379 e. The molecule has 1 aromatic rings. The molecule has 2 aliphatic heterocycles. The molecule has 0 radical (unpaired) electrons. The van der Waals surface area contributed by atoms with Crippen molar-refractivity contribution in [3.8, 4) is 0 Å². The first-order chi connectivity index (χ1) is 9.74. The van der Waals surface area contributed by atoms with E-state index in [-0.39, 0.29) is 12.1 Å². The fourth-order valence-corrected chi connectivity index (χ4v) is 2.67. The maximum atomic E-state index is 6.16. The number of hydrogen-bond donors (Lipinski definition) is 1. The highest BCUT2D eigenvalue weighted by Gasteiger charge is 2.31. The highest BCUT2D eigenvalue weighted by molar-refractivity contribution is 4.98. The van der Waals surface area contributed by atoms with Crippen molar-refractivity contribution in [3.63, 3.8) is 0 Å². The van der Waals surface area contributed by atoms with Crippen LogP contribution in [0.2, 0.25) is 0 Å². The quantitative estimate of drug-likeness (QED) is 0.860. The Hall–Kier alpha value is -1.02. The van der Waals surface area contributed by atoms with Gasteiger partial charge in [0.2, 0.25) is 0 Å². The summed E-state index contributed by atoms with van der Waals surface area (Å²) in [6, 6.07) is -0.234. The molecule has 3 heterocycles. The van der Waals surface area contributed by atoms with Crippen LogP contribution in [0.1, 0.15) is 37.2 Å². The molecule has 3 atom stereocenters. The van der Waals surface area contributed by atoms with E-state index in [1.54, 1.807) is 0 Å². The fourth-order valence-electron chi connectivity index (χ4n) is 2.67. The minimum atomic E-state index is -0.234. The van der Waals surface area contributed by atoms with Crippen LogP contribution in [0.25, 0.3) is 0 Å². The van der Waals surface area contributed by atoms with Gasteiger partial charge in [0.1, 0.15) is 6.10 Å². The fraction of sp³-hybridized carbons (Fsp3) is 0.846. The molecule has 3 rings (SSSR count). The van der Waals surface area contributed by atoms with Gasteiger partial charge in [0.05, 0.1) is 19.3 Å². The highest BCUT2D eigenvalue weighted by Crippen LogP contribution is 2.33. The van der Waals surface area contributed by atoms with Gasteiger partial charge >= 0.3 is 0 Å². The van der Waals surface area contributed by atoms with Gasteiger partial charge in [-0.1, -0.05) is 12.1 Å². The molecule has 20 heavy (non-hydrogen) atoms. The van der Waals surface area contributed by atoms with Gasteiger partial charge < -0.3 is 19.7 Å². The summed E-state index contributed by atoms with van der Waals surface area (Å²) in [6.07, 6.45) is 0.953. The standard InChI is InChI=1S/C13H22N4O3/c1-9-2-5-19-11(9)13-15-12(16-20-13)10(14)8-17-3-6-18-7-4-17/h9-11H,2-8,14H2,1H3. The van der Waals surface area contributed by atoms with Crippen LogP contribution in [0.4, 0.5) is 0 Å². The average molecular weight is 282 g/mol. The predicted molar refractivity (Wildman–Crippen MR) is 71.0 cm³/mol. The molecule has 112 valence electrons. The average Bonchev–Trinajstić information content (AvgIpc) is 3.08. The smallest absolute Gasteiger partial charge is 0.256 e. The third-order valence-electron chi connectivity index (χ3n) is 3.98. The molecule has 1 aromatic heterocycles. The van der Waals surface area contributed by atoms with Gasteiger partial charge in [-0.25, -0.2) is 0 Å². The summed E-state index contributed by atoms with van der Waals surface area (Å²) in [5, 5.41) is 4.01. The van der Waals surface area contributed by atoms with Gasteiger partial charge in [0.15, 0.2) is 5.82 Å². The van der Waals surface area contributed by atoms with Gasteiger partial charge in [-0.3, -0.25) is 4.90 Å². The zero-order chi connectivity index (χ0) is 13.9. The van der Waals surface area contributed by atoms with Crippen molar-refractivity contribution in [1.82, 2.24) is 15.0 Å². The molecule has 0 aliphatic carbocycles. The molecular formula is C13H22N4O3. The molecule has 7 nitrogen and oxygen atoms in total. The van der Waals surface area contributed by atoms with Crippen LogP contribution in [0.5, 0.6) is 0 Å². The van der Waals surface area contributed by atoms with E-state index in [1.807, 2.05) is 0 Å². The topological polar surface area (TPSA) is 86.6 Å². The van der Waals surface area contributed by atoms with Crippen LogP contribution < -0.4 is 5.73 Å². The van der Waals surface area contributed by atoms with Crippen LogP contribution in [0, 0.1) is 5.92 Å². The van der Waals surface area contributed by atoms with Crippen LogP contribution in [-0.2, 0) is 9.47 Å². The monoisotopic (exact) mass is 282 g/mol. The predicted octanol–water partition coefficient (Wildman–Crippen LogP) is 0.499. The highest BCUT2D eigenvalue weighted by atomic mass is 16.5. The Bertz CT molecular complexity index is 433. The van der Waals surface area contributed by atoms with Crippen LogP contribution >= 0.6 is 0 Å². The van der Waals surface area contributed by atoms with E-state index in [2.05, 4.69) is 22.0 Å². The zero-order valence-electron chi connectivity index (χ0n) is 11.8. The van der Waals surface area contributed by atoms with Gasteiger partial charge in [0, 0.05) is 26.2 Å². The van der Waals surface area contributed by atoms with Gasteiger partial charge in [-0.2, -0.15) is 4.98 Å². The van der Waals surface area contributed by atoms with Gasteiger partial charge in [-0.05, 0) is 12.3 Å². The zero-order valence-corrected chi connectivity index (χ0v) is 11.8. The Balaban J connectivity index is 1.60. The SMILES string of the molecule is CC1CCOC1c1nc(C(N)CN2CCOCC2)no1. The number of morpholine rings is 1. The number of ether oxygens (including phenoxy) is 2. The summed E-state index contributed by atoms with van der Waals surface area (Å²) in [7, 11) is 0. The number of rotatable bonds is 4. The molecule has 2 aliphatic rings. The third kappa shape index (κ3) is 3.01. The van der Waals surface area contributed by atoms with Crippen LogP contribution in [0.15, 0.2) is 4.52 Å². The van der Waals surface area contributed by atoms with Crippen molar-refractivity contribution in [1.29, 1.82) is 0 Å². The summed E-state index contributed by atoms with van der Waals surface area (Å²) in [5.41, 5.74) is 6.16. The first kappa shape index (κ1) is 13.9. The lowest BCUT2D eigenvalue weighted by molar-refractivity contribution is 0.0348. The van der Waals surface area contributed by atoms with Crippen molar-refractivity contribution in [2.24, 2.45) is 11.7 Å². The van der Waals surface area contributed by atoms with E-state index < -0.39 is 0 Å². The van der Waals surface area contributed by atoms with E-state index in [0.29, 0.717) is 17.6 Å². The van der Waals surface area contributed by atoms with Crippen molar-refractivity contribution >= 4 is 0 Å². The van der Waals surface area contributed by atoms with Crippen molar-refractivity contribution in [2.75, 3.05) is 39.5 Å². The minimum absolute atomic E-state index is 0.0770. The maximum absolute atomic E-state index is 6.16. The number of hydrogen-bond acceptors (Lipinski definition) is 7. The molecule has 7 heteroatoms. The van der Waals surface area contributed by atoms with E-state index >= 15 is 0 Å². The summed E-state index contributed by atoms with van der Waals surface area (Å²) < 4.78 is 16.3. The van der Waals surface area contributed by atoms with Crippen molar-refractivity contribution in [2.45, 2.75) is 25.5 Å². The van der Waals surface area contributed by atoms with Crippen molar-refractivity contribution in [3.05, 3.63) is 11.7 Å². The van der Waals surface area contributed by atoms with E-state index in [4.69, 9.17) is 19.7 Å². The summed E-state index contributed by atoms with van der Waals surface area (Å²) in [6.45, 7) is 6.94. The van der Waals surface area contributed by atoms with E-state index in [9.17, 15) is 0 Å². The second-order valence-corrected chi connectivity index (χ2v) is 5.57. The minimum Gasteiger partial charge on any atom is -0.379 e. The Morgan fingerprint density at radius 1 is 1.35 bits per heavy atom. The Kier molecular flexibility index (Phi) is 4.30. The Morgan fingerprint density at radius 2 is 2.15 bits per heavy atom. The maximum Gasteiger partial charge on any atom is 0.256 e. The molecule has 2 saturated heterocycles. The lowest BCUT2D eigenvalue weighted by Crippen LogP contribution is -2.40. The molecule has 3 unspecified atom stereocenters. The van der Waals surface area contributed by atoms with E-state index in [0.717, 1.165) is 45.9 Å². The summed E-state index contributed by atoms with van der Waals surface area (Å²) >= 11 is 0. The second kappa shape index (κ2) is 6.17. The molecule has 0 aromatic carbocycles. The van der Waals surface area contributed by atoms with E-state index in [1.165, 1.54) is 0 Å². The molecule has 0 bridgehead atoms. The molecular weight excluding hydrogens is 260 g/mol. The van der Waals surface area contributed by atoms with Gasteiger partial charge in [-0.15, -0.1) is 0 Å². The summed E-state index contributed by atoms with van der Waals surface area (Å²) in [4.78, 5) is 6.69. The molecule has 0 amide bonds. The lowest BCUT2D eigenvalue weighted by Gasteiger charge is -2.27. The number of nitrogens with zero attached hydrogens (tertiary/aromatic N) is 3. The molecule has 2 fully saturated rings. The van der Waals surface area contributed by atoms with Crippen LogP contribution in [-0.4, -0.2) is 54.5 Å². The first-order valence-electron chi connectivity index (χ1n) is 7.25. The normalized spacial score (nSPS) is 29.7. The molecule has 2 N–H and O–H groups in total. The van der Waals surface area contributed by atoms with Gasteiger partial charge in [0.25, 0.3) is 5.89 Å². The summed E-state index contributed by atoms with van der Waals surface area (Å²) in [5.74, 6) is 1.54. The Labute approximate surface area is 118 Å². The lowest BCUT2D eigenvalue weighted by atomic mass is 10.0. The van der Waals surface area contributed by atoms with Crippen LogP contribution in [0.3, 0.4) is 0 Å². The number of aromatic nitrogens is 2. The number of nitrogens with two attached hydrogens (primary N) is 1. The Morgan fingerprint density at radius 3 is 2.85 bits per heavy atom. The first-order valence-corrected chi connectivity index (χ1v) is 7.25. The second-order valence-electron chi connectivity index (χ2n) is 5.57. The molecule has 0 saturated carbocycles. The van der Waals surface area contributed by atoms with Crippen molar-refractivity contribution < 1.29 is 14.0 Å².